The molecule has 0 radical (unpaired) electrons. The van der Waals surface area contributed by atoms with E-state index in [1.165, 1.54) is 28.5 Å². The van der Waals surface area contributed by atoms with Crippen LogP contribution in [-0.4, -0.2) is 6.04 Å². The molecule has 1 aromatic rings. The van der Waals surface area contributed by atoms with E-state index >= 15 is 0 Å². The van der Waals surface area contributed by atoms with Gasteiger partial charge >= 0.3 is 0 Å². The fraction of sp³-hybridized carbons (Fsp3) is 0.571. The lowest BCUT2D eigenvalue weighted by Crippen LogP contribution is -2.36. The van der Waals surface area contributed by atoms with Crippen molar-refractivity contribution in [3.05, 3.63) is 27.8 Å². The van der Waals surface area contributed by atoms with E-state index in [0.717, 1.165) is 11.8 Å². The molecule has 16 heavy (non-hydrogen) atoms. The van der Waals surface area contributed by atoms with Gasteiger partial charge < -0.3 is 5.32 Å². The van der Waals surface area contributed by atoms with Crippen molar-refractivity contribution in [1.82, 2.24) is 0 Å². The van der Waals surface area contributed by atoms with Gasteiger partial charge in [-0.2, -0.15) is 0 Å². The van der Waals surface area contributed by atoms with Crippen molar-refractivity contribution in [3.8, 4) is 0 Å². The van der Waals surface area contributed by atoms with Crippen LogP contribution in [0.1, 0.15) is 33.1 Å². The number of nitrogens with one attached hydrogen (secondary N) is 1. The van der Waals surface area contributed by atoms with Crippen LogP contribution in [0, 0.1) is 15.4 Å². The monoisotopic (exact) mass is 329 g/mol. The molecule has 1 nitrogen and oxygen atoms in total. The van der Waals surface area contributed by atoms with E-state index in [1.54, 1.807) is 0 Å². The predicted octanol–water partition coefficient (Wildman–Crippen LogP) is 4.53. The van der Waals surface area contributed by atoms with Crippen LogP contribution in [0.15, 0.2) is 24.3 Å². The molecule has 0 amide bonds. The molecule has 0 saturated heterocycles. The number of benzene rings is 1. The van der Waals surface area contributed by atoms with Gasteiger partial charge in [0.05, 0.1) is 0 Å². The van der Waals surface area contributed by atoms with Crippen LogP contribution in [0.25, 0.3) is 0 Å². The molecule has 2 unspecified atom stereocenters. The first-order valence-electron chi connectivity index (χ1n) is 6.19. The number of rotatable bonds is 2. The summed E-state index contributed by atoms with van der Waals surface area (Å²) >= 11 is 2.35. The zero-order valence-corrected chi connectivity index (χ0v) is 12.2. The van der Waals surface area contributed by atoms with Crippen molar-refractivity contribution in [2.24, 2.45) is 11.8 Å². The van der Waals surface area contributed by atoms with Gasteiger partial charge in [-0.1, -0.05) is 20.3 Å². The van der Waals surface area contributed by atoms with E-state index < -0.39 is 0 Å². The Morgan fingerprint density at radius 1 is 1.06 bits per heavy atom. The van der Waals surface area contributed by atoms with Gasteiger partial charge in [0, 0.05) is 15.3 Å². The maximum atomic E-state index is 3.70. The maximum absolute atomic E-state index is 3.70. The normalized spacial score (nSPS) is 30.1. The van der Waals surface area contributed by atoms with Gasteiger partial charge in [-0.05, 0) is 71.5 Å². The van der Waals surface area contributed by atoms with Crippen LogP contribution in [0.3, 0.4) is 0 Å². The highest BCUT2D eigenvalue weighted by molar-refractivity contribution is 14.1. The zero-order chi connectivity index (χ0) is 11.5. The number of hydrogen-bond donors (Lipinski definition) is 1. The van der Waals surface area contributed by atoms with Crippen LogP contribution in [0.5, 0.6) is 0 Å². The first-order chi connectivity index (χ1) is 7.66. The van der Waals surface area contributed by atoms with Crippen LogP contribution in [0.4, 0.5) is 5.69 Å². The van der Waals surface area contributed by atoms with Gasteiger partial charge in [0.1, 0.15) is 0 Å². The van der Waals surface area contributed by atoms with Crippen molar-refractivity contribution < 1.29 is 0 Å². The smallest absolute Gasteiger partial charge is 0.0343 e. The number of halogens is 1. The minimum absolute atomic E-state index is 0.647. The van der Waals surface area contributed by atoms with Gasteiger partial charge in [0.15, 0.2) is 0 Å². The number of hydrogen-bond acceptors (Lipinski definition) is 1. The van der Waals surface area contributed by atoms with Gasteiger partial charge in [-0.25, -0.2) is 0 Å². The lowest BCUT2D eigenvalue weighted by molar-refractivity contribution is 0.268. The lowest BCUT2D eigenvalue weighted by atomic mass is 9.78. The Balaban J connectivity index is 2.04. The lowest BCUT2D eigenvalue weighted by Gasteiger charge is -2.35. The summed E-state index contributed by atoms with van der Waals surface area (Å²) in [6, 6.07) is 9.36. The molecule has 2 atom stereocenters. The van der Waals surface area contributed by atoms with E-state index in [-0.39, 0.29) is 0 Å². The Hall–Kier alpha value is -0.250. The summed E-state index contributed by atoms with van der Waals surface area (Å²) in [7, 11) is 0. The molecule has 2 rings (SSSR count). The summed E-state index contributed by atoms with van der Waals surface area (Å²) in [6.07, 6.45) is 4.13. The molecule has 0 bridgehead atoms. The second-order valence-electron chi connectivity index (χ2n) is 5.06. The molecule has 1 aliphatic carbocycles. The number of anilines is 1. The van der Waals surface area contributed by atoms with Crippen LogP contribution < -0.4 is 5.32 Å². The van der Waals surface area contributed by atoms with E-state index in [4.69, 9.17) is 0 Å². The van der Waals surface area contributed by atoms with E-state index in [1.807, 2.05) is 0 Å². The fourth-order valence-corrected chi connectivity index (χ4v) is 3.06. The fourth-order valence-electron chi connectivity index (χ4n) is 2.70. The summed E-state index contributed by atoms with van der Waals surface area (Å²) in [4.78, 5) is 0. The van der Waals surface area contributed by atoms with Crippen molar-refractivity contribution in [3.63, 3.8) is 0 Å². The summed E-state index contributed by atoms with van der Waals surface area (Å²) in [5, 5.41) is 3.70. The maximum Gasteiger partial charge on any atom is 0.0343 e. The molecule has 0 spiro atoms. The Labute approximate surface area is 112 Å². The van der Waals surface area contributed by atoms with Crippen LogP contribution in [0.2, 0.25) is 0 Å². The summed E-state index contributed by atoms with van der Waals surface area (Å²) in [5.41, 5.74) is 1.27. The van der Waals surface area contributed by atoms with E-state index in [0.29, 0.717) is 6.04 Å². The molecule has 1 aliphatic rings. The second kappa shape index (κ2) is 5.39. The zero-order valence-electron chi connectivity index (χ0n) is 10.0. The molecule has 0 aliphatic heterocycles. The molecule has 1 saturated carbocycles. The molecular weight excluding hydrogens is 309 g/mol. The standard InChI is InChI=1S/C14H20IN/c1-10-4-3-5-11(2)14(10)16-13-8-6-12(15)7-9-13/h6-11,14,16H,3-5H2,1-2H3. The Morgan fingerprint density at radius 3 is 2.19 bits per heavy atom. The van der Waals surface area contributed by atoms with Crippen molar-refractivity contribution >= 4 is 28.3 Å². The molecular formula is C14H20IN. The highest BCUT2D eigenvalue weighted by atomic mass is 127. The minimum Gasteiger partial charge on any atom is -0.382 e. The third-order valence-electron chi connectivity index (χ3n) is 3.72. The first-order valence-corrected chi connectivity index (χ1v) is 7.27. The molecule has 88 valence electrons. The second-order valence-corrected chi connectivity index (χ2v) is 6.31. The Bertz CT molecular complexity index is 323. The van der Waals surface area contributed by atoms with Gasteiger partial charge in [-0.15, -0.1) is 0 Å². The predicted molar refractivity (Wildman–Crippen MR) is 78.7 cm³/mol. The highest BCUT2D eigenvalue weighted by Crippen LogP contribution is 2.31. The Kier molecular flexibility index (Phi) is 4.11. The summed E-state index contributed by atoms with van der Waals surface area (Å²) < 4.78 is 1.30. The summed E-state index contributed by atoms with van der Waals surface area (Å²) in [5.74, 6) is 1.59. The van der Waals surface area contributed by atoms with Crippen molar-refractivity contribution in [2.75, 3.05) is 5.32 Å². The summed E-state index contributed by atoms with van der Waals surface area (Å²) in [6.45, 7) is 4.75. The SMILES string of the molecule is CC1CCCC(C)C1Nc1ccc(I)cc1. The van der Waals surface area contributed by atoms with Crippen molar-refractivity contribution in [1.29, 1.82) is 0 Å². The first kappa shape index (κ1) is 12.2. The third-order valence-corrected chi connectivity index (χ3v) is 4.44. The molecule has 0 aromatic heterocycles. The molecule has 1 fully saturated rings. The topological polar surface area (TPSA) is 12.0 Å². The third kappa shape index (κ3) is 2.90. The minimum atomic E-state index is 0.647. The van der Waals surface area contributed by atoms with Gasteiger partial charge in [-0.3, -0.25) is 0 Å². The molecule has 1 N–H and O–H groups in total. The van der Waals surface area contributed by atoms with Crippen LogP contribution in [-0.2, 0) is 0 Å². The molecule has 1 aromatic carbocycles. The average molecular weight is 329 g/mol. The van der Waals surface area contributed by atoms with E-state index in [9.17, 15) is 0 Å². The largest absolute Gasteiger partial charge is 0.382 e. The Morgan fingerprint density at radius 2 is 1.62 bits per heavy atom. The van der Waals surface area contributed by atoms with Crippen LogP contribution >= 0.6 is 22.6 Å². The molecule has 0 heterocycles. The molecule has 2 heteroatoms. The highest BCUT2D eigenvalue weighted by Gasteiger charge is 2.27. The van der Waals surface area contributed by atoms with Gasteiger partial charge in [0.25, 0.3) is 0 Å². The van der Waals surface area contributed by atoms with Gasteiger partial charge in [0.2, 0.25) is 0 Å². The van der Waals surface area contributed by atoms with E-state index in [2.05, 4.69) is 66.0 Å². The average Bonchev–Trinajstić information content (AvgIpc) is 2.26. The van der Waals surface area contributed by atoms with Crippen molar-refractivity contribution in [2.45, 2.75) is 39.2 Å². The quantitative estimate of drug-likeness (QED) is 0.786.